The molecule has 2 aliphatic heterocycles. The minimum Gasteiger partial charge on any atom is -0.325 e. The monoisotopic (exact) mass is 710 g/mol. The highest BCUT2D eigenvalue weighted by Gasteiger charge is 2.67. The molecule has 0 unspecified atom stereocenters. The van der Waals surface area contributed by atoms with Gasteiger partial charge in [0.25, 0.3) is 0 Å². The summed E-state index contributed by atoms with van der Waals surface area (Å²) >= 11 is 3.45. The normalized spacial score (nSPS) is 23.5. The van der Waals surface area contributed by atoms with E-state index in [9.17, 15) is 14.4 Å². The van der Waals surface area contributed by atoms with Gasteiger partial charge in [0.2, 0.25) is 11.8 Å². The lowest BCUT2D eigenvalue weighted by atomic mass is 9.98. The van der Waals surface area contributed by atoms with E-state index in [2.05, 4.69) is 65.4 Å². The minimum atomic E-state index is -0.651. The Balaban J connectivity index is 1.23. The number of pyridine rings is 1. The number of hydrogen-bond acceptors (Lipinski definition) is 8. The summed E-state index contributed by atoms with van der Waals surface area (Å²) in [5.41, 5.74) is 4.36. The predicted molar refractivity (Wildman–Crippen MR) is 186 cm³/mol. The molecule has 1 N–H and O–H groups in total. The van der Waals surface area contributed by atoms with Crippen molar-refractivity contribution in [2.45, 2.75) is 71.5 Å². The van der Waals surface area contributed by atoms with Crippen LogP contribution >= 0.6 is 15.9 Å². The van der Waals surface area contributed by atoms with Crippen LogP contribution in [0.3, 0.4) is 0 Å². The molecule has 1 saturated heterocycles. The Morgan fingerprint density at radius 1 is 1.08 bits per heavy atom. The number of nitrogens with one attached hydrogen (secondary N) is 1. The van der Waals surface area contributed by atoms with Crippen LogP contribution in [0.4, 0.5) is 5.82 Å². The lowest BCUT2D eigenvalue weighted by Crippen LogP contribution is -2.47. The number of hydrogen-bond donors (Lipinski definition) is 1. The van der Waals surface area contributed by atoms with E-state index in [-0.39, 0.29) is 35.6 Å². The molecule has 2 fully saturated rings. The van der Waals surface area contributed by atoms with Crippen molar-refractivity contribution in [3.05, 3.63) is 76.1 Å². The summed E-state index contributed by atoms with van der Waals surface area (Å²) < 4.78 is 2.26. The van der Waals surface area contributed by atoms with Gasteiger partial charge in [0.05, 0.1) is 5.52 Å². The first-order chi connectivity index (χ1) is 23.0. The maximum Gasteiger partial charge on any atom is 0.248 e. The molecule has 3 aliphatic rings. The zero-order chi connectivity index (χ0) is 33.7. The number of nitrogens with zero attached hydrogens (tertiary/aromatic N) is 7. The first-order valence-electron chi connectivity index (χ1n) is 16.4. The van der Waals surface area contributed by atoms with Crippen molar-refractivity contribution in [3.63, 3.8) is 0 Å². The van der Waals surface area contributed by atoms with Crippen molar-refractivity contribution >= 4 is 50.2 Å². The van der Waals surface area contributed by atoms with Crippen molar-refractivity contribution in [2.24, 2.45) is 5.41 Å². The standard InChI is InChI=1S/C36H39BrN8O3/c1-21-13-25(26-17-38-23(3)39-18-26)14-27-32(22(2)46)42-44(33(21)27)19-31(47)45-28-15-36(16-29(36)45)20-43(4)12-8-6-5-7-9-24-10-11-30(37)40-34(24)41-35(28)48/h5,7,10-11,13-14,17-18,28-29H,6,8-9,12,15-16,19-20H2,1-4H3,(H,40,41,48)/b7-5+/t28-,29+,36-/m0/s1. The van der Waals surface area contributed by atoms with Gasteiger partial charge in [-0.2, -0.15) is 5.10 Å². The van der Waals surface area contributed by atoms with Gasteiger partial charge >= 0.3 is 0 Å². The van der Waals surface area contributed by atoms with Crippen LogP contribution in [-0.4, -0.2) is 84.4 Å². The second kappa shape index (κ2) is 12.6. The number of carbonyl (C=O) groups is 3. The van der Waals surface area contributed by atoms with Crippen molar-refractivity contribution in [3.8, 4) is 11.1 Å². The maximum atomic E-state index is 14.4. The molecular formula is C36H39BrN8O3. The van der Waals surface area contributed by atoms with Gasteiger partial charge < -0.3 is 15.1 Å². The Kier molecular flexibility index (Phi) is 8.49. The molecule has 7 rings (SSSR count). The second-order valence-electron chi connectivity index (χ2n) is 13.6. The van der Waals surface area contributed by atoms with E-state index in [1.165, 1.54) is 6.92 Å². The number of fused-ring (bicyclic) bond motifs is 3. The largest absolute Gasteiger partial charge is 0.325 e. The number of aryl methyl sites for hydroxylation is 2. The van der Waals surface area contributed by atoms with E-state index in [0.29, 0.717) is 40.2 Å². The van der Waals surface area contributed by atoms with Gasteiger partial charge in [0.15, 0.2) is 5.78 Å². The van der Waals surface area contributed by atoms with Crippen LogP contribution in [0.5, 0.6) is 0 Å². The number of benzene rings is 1. The summed E-state index contributed by atoms with van der Waals surface area (Å²) in [6.45, 7) is 6.94. The van der Waals surface area contributed by atoms with Gasteiger partial charge in [-0.25, -0.2) is 15.0 Å². The number of anilines is 1. The molecule has 2 bridgehead atoms. The molecule has 4 aromatic rings. The van der Waals surface area contributed by atoms with Gasteiger partial charge in [-0.3, -0.25) is 19.1 Å². The van der Waals surface area contributed by atoms with E-state index in [0.717, 1.165) is 60.1 Å². The third kappa shape index (κ3) is 6.07. The summed E-state index contributed by atoms with van der Waals surface area (Å²) in [7, 11) is 2.13. The lowest BCUT2D eigenvalue weighted by Gasteiger charge is -2.27. The van der Waals surface area contributed by atoms with Crippen molar-refractivity contribution < 1.29 is 14.4 Å². The number of likely N-dealkylation sites (tertiary alicyclic amines) is 1. The van der Waals surface area contributed by atoms with E-state index >= 15 is 0 Å². The summed E-state index contributed by atoms with van der Waals surface area (Å²) in [5, 5.41) is 8.44. The molecule has 1 spiro atoms. The number of Topliss-reactive ketones (excluding diaryl/α,β-unsaturated/α-hetero) is 1. The predicted octanol–water partition coefficient (Wildman–Crippen LogP) is 5.29. The molecule has 3 atom stereocenters. The van der Waals surface area contributed by atoms with Crippen LogP contribution in [0.15, 0.2) is 53.4 Å². The zero-order valence-electron chi connectivity index (χ0n) is 27.7. The highest BCUT2D eigenvalue weighted by molar-refractivity contribution is 9.10. The number of ketones is 1. The first-order valence-corrected chi connectivity index (χ1v) is 17.2. The smallest absolute Gasteiger partial charge is 0.248 e. The highest BCUT2D eigenvalue weighted by Crippen LogP contribution is 2.60. The molecule has 248 valence electrons. The Morgan fingerprint density at radius 3 is 2.65 bits per heavy atom. The minimum absolute atomic E-state index is 0.0470. The summed E-state index contributed by atoms with van der Waals surface area (Å²) in [6, 6.07) is 7.07. The molecule has 12 heteroatoms. The first kappa shape index (κ1) is 32.3. The van der Waals surface area contributed by atoms with Gasteiger partial charge in [-0.15, -0.1) is 0 Å². The molecule has 3 aromatic heterocycles. The number of piperidine rings is 1. The van der Waals surface area contributed by atoms with E-state index in [4.69, 9.17) is 0 Å². The third-order valence-corrected chi connectivity index (χ3v) is 10.4. The summed E-state index contributed by atoms with van der Waals surface area (Å²) in [6.07, 6.45) is 11.9. The average molecular weight is 712 g/mol. The topological polar surface area (TPSA) is 126 Å². The fourth-order valence-electron chi connectivity index (χ4n) is 7.62. The molecular weight excluding hydrogens is 672 g/mol. The molecule has 11 nitrogen and oxygen atoms in total. The molecule has 1 aliphatic carbocycles. The summed E-state index contributed by atoms with van der Waals surface area (Å²) in [4.78, 5) is 58.7. The SMILES string of the molecule is CC(=O)c1nn(CC(=O)N2[C@H]3C[C@]4(C[C@@H]24)CN(C)CCC/C=C/Cc2ccc(Br)nc2NC3=O)c2c(C)cc(-c3cnc(C)nc3)cc12. The molecule has 0 radical (unpaired) electrons. The zero-order valence-corrected chi connectivity index (χ0v) is 29.2. The summed E-state index contributed by atoms with van der Waals surface area (Å²) in [5.74, 6) is 0.559. The Labute approximate surface area is 288 Å². The van der Waals surface area contributed by atoms with E-state index < -0.39 is 6.04 Å². The van der Waals surface area contributed by atoms with Crippen LogP contribution in [0, 0.1) is 19.3 Å². The third-order valence-electron chi connectivity index (χ3n) is 9.96. The number of amides is 2. The van der Waals surface area contributed by atoms with Crippen LogP contribution < -0.4 is 5.32 Å². The van der Waals surface area contributed by atoms with E-state index in [1.54, 1.807) is 22.0 Å². The van der Waals surface area contributed by atoms with Gasteiger partial charge in [0.1, 0.15) is 34.5 Å². The average Bonchev–Trinajstić information content (AvgIpc) is 3.42. The number of halogens is 1. The highest BCUT2D eigenvalue weighted by atomic mass is 79.9. The van der Waals surface area contributed by atoms with Gasteiger partial charge in [0, 0.05) is 48.3 Å². The maximum absolute atomic E-state index is 14.4. The lowest BCUT2D eigenvalue weighted by molar-refractivity contribution is -0.138. The van der Waals surface area contributed by atoms with Gasteiger partial charge in [-0.05, 0) is 110 Å². The molecule has 5 heterocycles. The van der Waals surface area contributed by atoms with Gasteiger partial charge in [-0.1, -0.05) is 18.2 Å². The van der Waals surface area contributed by atoms with E-state index in [1.807, 2.05) is 38.1 Å². The Hall–Kier alpha value is -4.29. The Bertz CT molecular complexity index is 1970. The fraction of sp³-hybridized carbons (Fsp3) is 0.417. The number of allylic oxidation sites excluding steroid dienone is 2. The number of rotatable bonds is 4. The second-order valence-corrected chi connectivity index (χ2v) is 14.4. The molecule has 48 heavy (non-hydrogen) atoms. The van der Waals surface area contributed by atoms with Crippen LogP contribution in [-0.2, 0) is 22.6 Å². The fourth-order valence-corrected chi connectivity index (χ4v) is 7.93. The van der Waals surface area contributed by atoms with Crippen LogP contribution in [0.1, 0.15) is 60.0 Å². The molecule has 1 saturated carbocycles. The molecule has 1 aromatic carbocycles. The van der Waals surface area contributed by atoms with Crippen LogP contribution in [0.25, 0.3) is 22.0 Å². The number of aromatic nitrogens is 5. The molecule has 2 amide bonds. The van der Waals surface area contributed by atoms with Crippen molar-refractivity contribution in [1.82, 2.24) is 34.5 Å². The van der Waals surface area contributed by atoms with Crippen molar-refractivity contribution in [2.75, 3.05) is 25.5 Å². The van der Waals surface area contributed by atoms with Crippen LogP contribution in [0.2, 0.25) is 0 Å². The number of carbonyl (C=O) groups excluding carboxylic acids is 3. The Morgan fingerprint density at radius 2 is 1.88 bits per heavy atom. The quantitative estimate of drug-likeness (QED) is 0.172. The van der Waals surface area contributed by atoms with Crippen molar-refractivity contribution in [1.29, 1.82) is 0 Å².